The molecule has 1 N–H and O–H groups in total. The average molecular weight is 395 g/mol. The number of benzene rings is 1. The maximum absolute atomic E-state index is 12.6. The number of fused-ring (bicyclic) bond motifs is 5. The van der Waals surface area contributed by atoms with Crippen molar-refractivity contribution >= 4 is 17.6 Å². The minimum Gasteiger partial charge on any atom is -0.466 e. The summed E-state index contributed by atoms with van der Waals surface area (Å²) in [6, 6.07) is 5.69. The number of nitrogens with zero attached hydrogens (tertiary/aromatic N) is 2. The Morgan fingerprint density at radius 2 is 1.86 bits per heavy atom. The van der Waals surface area contributed by atoms with Crippen LogP contribution in [0.15, 0.2) is 29.2 Å². The molecule has 0 aliphatic heterocycles. The van der Waals surface area contributed by atoms with E-state index in [1.807, 2.05) is 18.2 Å². The van der Waals surface area contributed by atoms with E-state index in [0.29, 0.717) is 31.0 Å². The summed E-state index contributed by atoms with van der Waals surface area (Å²) in [5.74, 6) is -0.668. The van der Waals surface area contributed by atoms with Crippen molar-refractivity contribution in [3.05, 3.63) is 57.3 Å². The molecule has 0 atom stereocenters. The molecule has 4 rings (SSSR count). The second-order valence-corrected chi connectivity index (χ2v) is 6.79. The summed E-state index contributed by atoms with van der Waals surface area (Å²) in [6.45, 7) is 4.14. The zero-order chi connectivity index (χ0) is 20.5. The summed E-state index contributed by atoms with van der Waals surface area (Å²) in [4.78, 5) is 43.6. The van der Waals surface area contributed by atoms with Gasteiger partial charge in [-0.3, -0.25) is 18.8 Å². The van der Waals surface area contributed by atoms with E-state index >= 15 is 0 Å². The van der Waals surface area contributed by atoms with Gasteiger partial charge in [-0.2, -0.15) is 0 Å². The van der Waals surface area contributed by atoms with E-state index in [4.69, 9.17) is 9.47 Å². The number of aromatic nitrogens is 3. The first-order valence-electron chi connectivity index (χ1n) is 9.57. The lowest BCUT2D eigenvalue weighted by molar-refractivity contribution is -0.143. The van der Waals surface area contributed by atoms with Gasteiger partial charge in [-0.15, -0.1) is 0 Å². The predicted octanol–water partition coefficient (Wildman–Crippen LogP) is 1.81. The third-order valence-electron chi connectivity index (χ3n) is 4.93. The Kier molecular flexibility index (Phi) is 4.92. The molecule has 8 nitrogen and oxygen atoms in total. The highest BCUT2D eigenvalue weighted by atomic mass is 16.5. The molecule has 29 heavy (non-hydrogen) atoms. The molecule has 0 fully saturated rings. The SMILES string of the molecule is CCOC(=O)Cc1cn2c3c([nH]c(=O)c2n1)-c1cccc(CC(=O)OCC)c1C3. The highest BCUT2D eigenvalue weighted by Gasteiger charge is 2.26. The molecule has 150 valence electrons. The Bertz CT molecular complexity index is 1180. The zero-order valence-electron chi connectivity index (χ0n) is 16.3. The van der Waals surface area contributed by atoms with Crippen molar-refractivity contribution in [2.45, 2.75) is 33.1 Å². The molecular formula is C21H21N3O5. The maximum Gasteiger partial charge on any atom is 0.311 e. The van der Waals surface area contributed by atoms with Gasteiger partial charge >= 0.3 is 11.9 Å². The summed E-state index contributed by atoms with van der Waals surface area (Å²) in [5.41, 5.74) is 4.71. The van der Waals surface area contributed by atoms with Crippen molar-refractivity contribution in [2.24, 2.45) is 0 Å². The fraction of sp³-hybridized carbons (Fsp3) is 0.333. The number of hydrogen-bond donors (Lipinski definition) is 1. The van der Waals surface area contributed by atoms with Crippen molar-refractivity contribution in [1.82, 2.24) is 14.4 Å². The van der Waals surface area contributed by atoms with Crippen LogP contribution < -0.4 is 5.56 Å². The number of esters is 2. The lowest BCUT2D eigenvalue weighted by Gasteiger charge is -2.07. The van der Waals surface area contributed by atoms with Gasteiger partial charge in [-0.05, 0) is 25.0 Å². The molecule has 2 aromatic heterocycles. The van der Waals surface area contributed by atoms with Crippen LogP contribution in [0.25, 0.3) is 16.9 Å². The van der Waals surface area contributed by atoms with Crippen molar-refractivity contribution in [2.75, 3.05) is 13.2 Å². The fourth-order valence-corrected chi connectivity index (χ4v) is 3.78. The maximum atomic E-state index is 12.6. The normalized spacial score (nSPS) is 11.9. The number of nitrogens with one attached hydrogen (secondary N) is 1. The van der Waals surface area contributed by atoms with E-state index in [9.17, 15) is 14.4 Å². The molecule has 0 unspecified atom stereocenters. The molecule has 0 saturated heterocycles. The summed E-state index contributed by atoms with van der Waals surface area (Å²) in [5, 5.41) is 0. The highest BCUT2D eigenvalue weighted by Crippen LogP contribution is 2.36. The molecule has 1 aliphatic rings. The number of imidazole rings is 1. The molecule has 0 spiro atoms. The van der Waals surface area contributed by atoms with Gasteiger partial charge in [-0.25, -0.2) is 4.98 Å². The van der Waals surface area contributed by atoms with Crippen molar-refractivity contribution in [3.63, 3.8) is 0 Å². The number of aromatic amines is 1. The standard InChI is InChI=1S/C21H21N3O5/c1-3-28-17(25)8-12-6-5-7-14-15(12)10-16-19(14)23-21(27)20-22-13(11-24(16)20)9-18(26)29-4-2/h5-7,11H,3-4,8-10H2,1-2H3,(H,23,27). The molecule has 1 aliphatic carbocycles. The van der Waals surface area contributed by atoms with Gasteiger partial charge in [0.05, 0.1) is 43.1 Å². The van der Waals surface area contributed by atoms with Crippen LogP contribution in [0.4, 0.5) is 0 Å². The van der Waals surface area contributed by atoms with Gasteiger partial charge < -0.3 is 14.5 Å². The van der Waals surface area contributed by atoms with Crippen LogP contribution in [-0.4, -0.2) is 39.5 Å². The summed E-state index contributed by atoms with van der Waals surface area (Å²) in [6.07, 6.45) is 2.43. The van der Waals surface area contributed by atoms with Gasteiger partial charge in [0.2, 0.25) is 5.65 Å². The van der Waals surface area contributed by atoms with Crippen LogP contribution in [0.3, 0.4) is 0 Å². The predicted molar refractivity (Wildman–Crippen MR) is 105 cm³/mol. The lowest BCUT2D eigenvalue weighted by atomic mass is 10.0. The minimum atomic E-state index is -0.385. The smallest absolute Gasteiger partial charge is 0.311 e. The third kappa shape index (κ3) is 3.41. The van der Waals surface area contributed by atoms with Gasteiger partial charge in [0, 0.05) is 18.2 Å². The van der Waals surface area contributed by atoms with Crippen LogP contribution in [0.2, 0.25) is 0 Å². The van der Waals surface area contributed by atoms with Crippen LogP contribution in [0.1, 0.15) is 36.4 Å². The van der Waals surface area contributed by atoms with Crippen LogP contribution in [0, 0.1) is 0 Å². The average Bonchev–Trinajstić information content (AvgIpc) is 3.25. The molecule has 0 bridgehead atoms. The summed E-state index contributed by atoms with van der Waals surface area (Å²) < 4.78 is 11.8. The number of carbonyl (C=O) groups is 2. The number of ether oxygens (including phenoxy) is 2. The highest BCUT2D eigenvalue weighted by molar-refractivity contribution is 5.79. The van der Waals surface area contributed by atoms with Crippen molar-refractivity contribution in [1.29, 1.82) is 0 Å². The number of H-pyrrole nitrogens is 1. The Morgan fingerprint density at radius 1 is 1.14 bits per heavy atom. The van der Waals surface area contributed by atoms with Crippen LogP contribution in [0.5, 0.6) is 0 Å². The second kappa shape index (κ2) is 7.54. The van der Waals surface area contributed by atoms with Gasteiger partial charge in [-0.1, -0.05) is 18.2 Å². The molecule has 3 aromatic rings. The molecule has 0 amide bonds. The number of hydrogen-bond acceptors (Lipinski definition) is 6. The van der Waals surface area contributed by atoms with Gasteiger partial charge in [0.1, 0.15) is 0 Å². The number of carbonyl (C=O) groups excluding carboxylic acids is 2. The quantitative estimate of drug-likeness (QED) is 0.500. The first-order valence-corrected chi connectivity index (χ1v) is 9.57. The molecule has 0 radical (unpaired) electrons. The first kappa shape index (κ1) is 18.9. The summed E-state index contributed by atoms with van der Waals surface area (Å²) >= 11 is 0. The van der Waals surface area contributed by atoms with E-state index in [2.05, 4.69) is 9.97 Å². The first-order chi connectivity index (χ1) is 14.0. The molecular weight excluding hydrogens is 374 g/mol. The third-order valence-corrected chi connectivity index (χ3v) is 4.93. The zero-order valence-corrected chi connectivity index (χ0v) is 16.3. The Balaban J connectivity index is 1.75. The van der Waals surface area contributed by atoms with E-state index in [1.54, 1.807) is 24.4 Å². The molecule has 0 saturated carbocycles. The van der Waals surface area contributed by atoms with Crippen LogP contribution in [-0.2, 0) is 38.3 Å². The topological polar surface area (TPSA) is 103 Å². The van der Waals surface area contributed by atoms with E-state index in [-0.39, 0.29) is 36.0 Å². The number of rotatable bonds is 6. The van der Waals surface area contributed by atoms with E-state index in [0.717, 1.165) is 22.4 Å². The Hall–Kier alpha value is -3.42. The molecule has 2 heterocycles. The van der Waals surface area contributed by atoms with Crippen molar-refractivity contribution < 1.29 is 19.1 Å². The van der Waals surface area contributed by atoms with Gasteiger partial charge in [0.25, 0.3) is 5.56 Å². The van der Waals surface area contributed by atoms with Gasteiger partial charge in [0.15, 0.2) is 0 Å². The Morgan fingerprint density at radius 3 is 2.59 bits per heavy atom. The fourth-order valence-electron chi connectivity index (χ4n) is 3.78. The molecule has 8 heteroatoms. The van der Waals surface area contributed by atoms with E-state index in [1.165, 1.54) is 0 Å². The summed E-state index contributed by atoms with van der Waals surface area (Å²) in [7, 11) is 0. The Labute approximate surface area is 166 Å². The monoisotopic (exact) mass is 395 g/mol. The molecule has 1 aromatic carbocycles. The van der Waals surface area contributed by atoms with Crippen molar-refractivity contribution in [3.8, 4) is 11.3 Å². The largest absolute Gasteiger partial charge is 0.466 e. The van der Waals surface area contributed by atoms with Crippen LogP contribution >= 0.6 is 0 Å². The lowest BCUT2D eigenvalue weighted by Crippen LogP contribution is -2.13. The second-order valence-electron chi connectivity index (χ2n) is 6.79. The minimum absolute atomic E-state index is 0.00475. The van der Waals surface area contributed by atoms with E-state index < -0.39 is 0 Å².